The molecule has 0 amide bonds. The van der Waals surface area contributed by atoms with Crippen molar-refractivity contribution < 1.29 is 4.74 Å². The van der Waals surface area contributed by atoms with Crippen molar-refractivity contribution in [1.82, 2.24) is 19.1 Å². The van der Waals surface area contributed by atoms with E-state index in [2.05, 4.69) is 9.97 Å². The SMILES string of the molecule is Cn1c(COc2ccc(Cl)cc2Cl)nc2c1c(=O)[nH]c(=O)n2C. The number of nitrogens with zero attached hydrogens (tertiary/aromatic N) is 3. The molecule has 0 aliphatic rings. The number of aryl methyl sites for hydroxylation is 2. The van der Waals surface area contributed by atoms with Gasteiger partial charge in [0.2, 0.25) is 0 Å². The minimum absolute atomic E-state index is 0.0835. The fourth-order valence-electron chi connectivity index (χ4n) is 2.22. The third-order valence-corrected chi connectivity index (χ3v) is 4.01. The number of ether oxygens (including phenoxy) is 1. The molecule has 0 unspecified atom stereocenters. The molecule has 1 aromatic carbocycles. The van der Waals surface area contributed by atoms with E-state index in [4.69, 9.17) is 27.9 Å². The van der Waals surface area contributed by atoms with E-state index in [0.29, 0.717) is 32.8 Å². The van der Waals surface area contributed by atoms with Crippen LogP contribution in [-0.2, 0) is 20.7 Å². The number of benzene rings is 1. The second kappa shape index (κ2) is 5.75. The quantitative estimate of drug-likeness (QED) is 0.777. The minimum Gasteiger partial charge on any atom is -0.484 e. The Labute approximate surface area is 140 Å². The van der Waals surface area contributed by atoms with Crippen molar-refractivity contribution in [2.75, 3.05) is 0 Å². The zero-order valence-corrected chi connectivity index (χ0v) is 13.8. The van der Waals surface area contributed by atoms with Gasteiger partial charge in [0.1, 0.15) is 18.2 Å². The normalized spacial score (nSPS) is 11.1. The Morgan fingerprint density at radius 3 is 2.65 bits per heavy atom. The molecule has 0 radical (unpaired) electrons. The highest BCUT2D eigenvalue weighted by atomic mass is 35.5. The third-order valence-electron chi connectivity index (χ3n) is 3.48. The number of halogens is 2. The Hall–Kier alpha value is -2.25. The van der Waals surface area contributed by atoms with Gasteiger partial charge >= 0.3 is 5.69 Å². The zero-order chi connectivity index (χ0) is 16.7. The maximum atomic E-state index is 11.9. The summed E-state index contributed by atoms with van der Waals surface area (Å²) < 4.78 is 8.48. The molecule has 23 heavy (non-hydrogen) atoms. The van der Waals surface area contributed by atoms with Crippen LogP contribution >= 0.6 is 23.2 Å². The molecule has 0 saturated heterocycles. The maximum Gasteiger partial charge on any atom is 0.329 e. The van der Waals surface area contributed by atoms with Crippen LogP contribution in [0.3, 0.4) is 0 Å². The molecule has 0 saturated carbocycles. The van der Waals surface area contributed by atoms with Crippen molar-refractivity contribution >= 4 is 34.4 Å². The van der Waals surface area contributed by atoms with Crippen LogP contribution in [-0.4, -0.2) is 19.1 Å². The topological polar surface area (TPSA) is 81.9 Å². The van der Waals surface area contributed by atoms with Crippen LogP contribution in [0, 0.1) is 0 Å². The molecular weight excluding hydrogens is 343 g/mol. The summed E-state index contributed by atoms with van der Waals surface area (Å²) in [4.78, 5) is 30.1. The fraction of sp³-hybridized carbons (Fsp3) is 0.214. The predicted molar refractivity (Wildman–Crippen MR) is 87.4 cm³/mol. The number of rotatable bonds is 3. The van der Waals surface area contributed by atoms with Gasteiger partial charge in [0.25, 0.3) is 5.56 Å². The molecular formula is C14H12Cl2N4O3. The van der Waals surface area contributed by atoms with E-state index in [1.54, 1.807) is 29.8 Å². The first-order chi connectivity index (χ1) is 10.9. The summed E-state index contributed by atoms with van der Waals surface area (Å²) in [5.41, 5.74) is -0.419. The summed E-state index contributed by atoms with van der Waals surface area (Å²) in [5.74, 6) is 0.934. The molecule has 0 atom stereocenters. The van der Waals surface area contributed by atoms with Gasteiger partial charge in [-0.2, -0.15) is 0 Å². The highest BCUT2D eigenvalue weighted by Gasteiger charge is 2.15. The highest BCUT2D eigenvalue weighted by Crippen LogP contribution is 2.28. The van der Waals surface area contributed by atoms with Gasteiger partial charge in [-0.05, 0) is 18.2 Å². The number of nitrogens with one attached hydrogen (secondary N) is 1. The molecule has 0 spiro atoms. The Bertz CT molecular complexity index is 1020. The number of H-pyrrole nitrogens is 1. The maximum absolute atomic E-state index is 11.9. The highest BCUT2D eigenvalue weighted by molar-refractivity contribution is 6.35. The summed E-state index contributed by atoms with van der Waals surface area (Å²) in [6.45, 7) is 0.0835. The van der Waals surface area contributed by atoms with Gasteiger partial charge in [-0.25, -0.2) is 9.78 Å². The fourth-order valence-corrected chi connectivity index (χ4v) is 2.68. The predicted octanol–water partition coefficient (Wildman–Crippen LogP) is 1.85. The van der Waals surface area contributed by atoms with Gasteiger partial charge < -0.3 is 9.30 Å². The van der Waals surface area contributed by atoms with Crippen molar-refractivity contribution in [2.24, 2.45) is 14.1 Å². The van der Waals surface area contributed by atoms with Gasteiger partial charge in [0.15, 0.2) is 11.2 Å². The van der Waals surface area contributed by atoms with E-state index in [9.17, 15) is 9.59 Å². The Kier molecular flexibility index (Phi) is 3.91. The molecule has 3 aromatic rings. The molecule has 7 nitrogen and oxygen atoms in total. The first kappa shape index (κ1) is 15.6. The zero-order valence-electron chi connectivity index (χ0n) is 12.3. The summed E-state index contributed by atoms with van der Waals surface area (Å²) >= 11 is 11.9. The van der Waals surface area contributed by atoms with E-state index in [1.807, 2.05) is 0 Å². The van der Waals surface area contributed by atoms with E-state index in [0.717, 1.165) is 0 Å². The molecule has 9 heteroatoms. The lowest BCUT2D eigenvalue weighted by Crippen LogP contribution is -2.29. The molecule has 2 aromatic heterocycles. The number of fused-ring (bicyclic) bond motifs is 1. The smallest absolute Gasteiger partial charge is 0.329 e. The number of aromatic amines is 1. The van der Waals surface area contributed by atoms with Crippen LogP contribution in [0.2, 0.25) is 10.0 Å². The van der Waals surface area contributed by atoms with Crippen LogP contribution in [0.25, 0.3) is 11.2 Å². The van der Waals surface area contributed by atoms with E-state index in [-0.39, 0.29) is 6.61 Å². The molecule has 1 N–H and O–H groups in total. The largest absolute Gasteiger partial charge is 0.484 e. The van der Waals surface area contributed by atoms with Crippen molar-refractivity contribution in [3.63, 3.8) is 0 Å². The van der Waals surface area contributed by atoms with Gasteiger partial charge in [0, 0.05) is 19.1 Å². The van der Waals surface area contributed by atoms with Crippen molar-refractivity contribution in [3.8, 4) is 5.75 Å². The Morgan fingerprint density at radius 1 is 1.22 bits per heavy atom. The van der Waals surface area contributed by atoms with Gasteiger partial charge in [0.05, 0.1) is 5.02 Å². The lowest BCUT2D eigenvalue weighted by molar-refractivity contribution is 0.292. The number of imidazole rings is 1. The van der Waals surface area contributed by atoms with Crippen molar-refractivity contribution in [3.05, 3.63) is 54.9 Å². The van der Waals surface area contributed by atoms with Gasteiger partial charge in [-0.1, -0.05) is 23.2 Å². The Balaban J connectivity index is 1.99. The lowest BCUT2D eigenvalue weighted by Gasteiger charge is -2.08. The second-order valence-electron chi connectivity index (χ2n) is 4.94. The van der Waals surface area contributed by atoms with Crippen molar-refractivity contribution in [2.45, 2.75) is 6.61 Å². The lowest BCUT2D eigenvalue weighted by atomic mass is 10.3. The van der Waals surface area contributed by atoms with Crippen LogP contribution in [0.1, 0.15) is 5.82 Å². The summed E-state index contributed by atoms with van der Waals surface area (Å²) in [5, 5.41) is 0.883. The summed E-state index contributed by atoms with van der Waals surface area (Å²) in [6, 6.07) is 4.88. The first-order valence-corrected chi connectivity index (χ1v) is 7.36. The van der Waals surface area contributed by atoms with Crippen LogP contribution in [0.5, 0.6) is 5.75 Å². The molecule has 0 fully saturated rings. The van der Waals surface area contributed by atoms with Crippen LogP contribution in [0.4, 0.5) is 0 Å². The monoisotopic (exact) mass is 354 g/mol. The summed E-state index contributed by atoms with van der Waals surface area (Å²) in [6.07, 6.45) is 0. The van der Waals surface area contributed by atoms with Crippen LogP contribution < -0.4 is 16.0 Å². The molecule has 3 rings (SSSR count). The van der Waals surface area contributed by atoms with Gasteiger partial charge in [-0.15, -0.1) is 0 Å². The molecule has 0 aliphatic heterocycles. The van der Waals surface area contributed by atoms with Gasteiger partial charge in [-0.3, -0.25) is 14.3 Å². The van der Waals surface area contributed by atoms with E-state index in [1.165, 1.54) is 11.6 Å². The van der Waals surface area contributed by atoms with Crippen LogP contribution in [0.15, 0.2) is 27.8 Å². The molecule has 0 aliphatic carbocycles. The molecule has 0 bridgehead atoms. The van der Waals surface area contributed by atoms with E-state index >= 15 is 0 Å². The average molecular weight is 355 g/mol. The number of hydrogen-bond acceptors (Lipinski definition) is 4. The number of aromatic nitrogens is 4. The van der Waals surface area contributed by atoms with Crippen molar-refractivity contribution in [1.29, 1.82) is 0 Å². The standard InChI is InChI=1S/C14H12Cl2N4O3/c1-19-10(6-23-9-4-3-7(15)5-8(9)16)17-12-11(19)13(21)18-14(22)20(12)2/h3-5H,6H2,1-2H3,(H,18,21,22). The first-order valence-electron chi connectivity index (χ1n) is 6.61. The summed E-state index contributed by atoms with van der Waals surface area (Å²) in [7, 11) is 3.21. The average Bonchev–Trinajstić information content (AvgIpc) is 2.82. The second-order valence-corrected chi connectivity index (χ2v) is 5.78. The number of hydrogen-bond donors (Lipinski definition) is 1. The molecule has 120 valence electrons. The molecule has 2 heterocycles. The minimum atomic E-state index is -0.520. The third kappa shape index (κ3) is 2.73. The van der Waals surface area contributed by atoms with E-state index < -0.39 is 11.2 Å². The Morgan fingerprint density at radius 2 is 1.96 bits per heavy atom.